The number of rotatable bonds is 1. The number of phosphoric ester groups is 1. The molecule has 1 aliphatic rings. The molecule has 0 radical (unpaired) electrons. The van der Waals surface area contributed by atoms with Gasteiger partial charge >= 0.3 is 13.8 Å². The molecule has 0 bridgehead atoms. The summed E-state index contributed by atoms with van der Waals surface area (Å²) >= 11 is 0. The zero-order chi connectivity index (χ0) is 11.7. The smallest absolute Gasteiger partial charge is 0.435 e. The summed E-state index contributed by atoms with van der Waals surface area (Å²) in [7, 11) is -4.03. The van der Waals surface area contributed by atoms with Crippen molar-refractivity contribution in [2.75, 3.05) is 6.61 Å². The van der Waals surface area contributed by atoms with Crippen molar-refractivity contribution in [3.8, 4) is 0 Å². The Hall–Kier alpha value is -0.420. The largest absolute Gasteiger partial charge is 0.475 e. The van der Waals surface area contributed by atoms with E-state index in [9.17, 15) is 9.36 Å². The van der Waals surface area contributed by atoms with Gasteiger partial charge in [0.2, 0.25) is 6.29 Å². The molecule has 0 saturated carbocycles. The number of ether oxygens (including phenoxy) is 1. The molecular formula is C8H15O6P. The molecule has 0 spiro atoms. The van der Waals surface area contributed by atoms with E-state index in [4.69, 9.17) is 9.63 Å². The SMILES string of the molecule is CC(C)(C)C(=O)OC1CCOP(=O)(O)O1. The molecule has 15 heavy (non-hydrogen) atoms. The Kier molecular flexibility index (Phi) is 3.55. The van der Waals surface area contributed by atoms with Crippen LogP contribution in [0.1, 0.15) is 27.2 Å². The minimum absolute atomic E-state index is 0.0376. The summed E-state index contributed by atoms with van der Waals surface area (Å²) in [6.45, 7) is 5.10. The topological polar surface area (TPSA) is 82.1 Å². The van der Waals surface area contributed by atoms with E-state index < -0.39 is 25.5 Å². The van der Waals surface area contributed by atoms with Crippen molar-refractivity contribution < 1.29 is 28.0 Å². The lowest BCUT2D eigenvalue weighted by Crippen LogP contribution is -2.32. The maximum absolute atomic E-state index is 11.4. The van der Waals surface area contributed by atoms with Crippen molar-refractivity contribution in [1.29, 1.82) is 0 Å². The predicted octanol–water partition coefficient (Wildman–Crippen LogP) is 1.44. The fourth-order valence-corrected chi connectivity index (χ4v) is 1.72. The van der Waals surface area contributed by atoms with E-state index in [2.05, 4.69) is 9.05 Å². The van der Waals surface area contributed by atoms with Gasteiger partial charge in [-0.2, -0.15) is 0 Å². The first-order valence-corrected chi connectivity index (χ1v) is 6.07. The molecular weight excluding hydrogens is 223 g/mol. The van der Waals surface area contributed by atoms with E-state index in [1.54, 1.807) is 20.8 Å². The minimum atomic E-state index is -4.03. The van der Waals surface area contributed by atoms with Crippen molar-refractivity contribution >= 4 is 13.8 Å². The number of esters is 1. The molecule has 0 aliphatic carbocycles. The first-order chi connectivity index (χ1) is 6.71. The van der Waals surface area contributed by atoms with E-state index in [-0.39, 0.29) is 13.0 Å². The molecule has 7 heteroatoms. The Bertz CT molecular complexity index is 294. The molecule has 0 aromatic heterocycles. The Balaban J connectivity index is 2.53. The third kappa shape index (κ3) is 3.91. The number of hydrogen-bond acceptors (Lipinski definition) is 5. The van der Waals surface area contributed by atoms with Crippen LogP contribution >= 0.6 is 7.82 Å². The van der Waals surface area contributed by atoms with E-state index in [1.165, 1.54) is 0 Å². The highest BCUT2D eigenvalue weighted by atomic mass is 31.2. The van der Waals surface area contributed by atoms with Crippen molar-refractivity contribution in [3.63, 3.8) is 0 Å². The number of hydrogen-bond donors (Lipinski definition) is 1. The second-order valence-electron chi connectivity index (χ2n) is 4.28. The standard InChI is InChI=1S/C8H15O6P/c1-8(2,3)7(9)13-6-4-5-12-15(10,11)14-6/h6H,4-5H2,1-3H3,(H,10,11). The van der Waals surface area contributed by atoms with Gasteiger partial charge in [-0.15, -0.1) is 0 Å². The normalized spacial score (nSPS) is 32.4. The molecule has 1 fully saturated rings. The lowest BCUT2D eigenvalue weighted by atomic mass is 9.97. The minimum Gasteiger partial charge on any atom is -0.435 e. The van der Waals surface area contributed by atoms with E-state index >= 15 is 0 Å². The number of carbonyl (C=O) groups excluding carboxylic acids is 1. The fourth-order valence-electron chi connectivity index (χ4n) is 0.873. The van der Waals surface area contributed by atoms with Gasteiger partial charge in [-0.05, 0) is 20.8 Å². The lowest BCUT2D eigenvalue weighted by molar-refractivity contribution is -0.181. The summed E-state index contributed by atoms with van der Waals surface area (Å²) in [6, 6.07) is 0. The van der Waals surface area contributed by atoms with Gasteiger partial charge in [0.15, 0.2) is 0 Å². The van der Waals surface area contributed by atoms with Gasteiger partial charge in [-0.3, -0.25) is 9.32 Å². The average molecular weight is 238 g/mol. The van der Waals surface area contributed by atoms with Gasteiger partial charge in [0.25, 0.3) is 0 Å². The van der Waals surface area contributed by atoms with Crippen LogP contribution < -0.4 is 0 Å². The monoisotopic (exact) mass is 238 g/mol. The Labute approximate surface area is 88.1 Å². The Morgan fingerprint density at radius 1 is 1.53 bits per heavy atom. The first-order valence-electron chi connectivity index (χ1n) is 4.57. The highest BCUT2D eigenvalue weighted by molar-refractivity contribution is 7.47. The maximum Gasteiger partial charge on any atom is 0.475 e. The second-order valence-corrected chi connectivity index (χ2v) is 5.69. The Morgan fingerprint density at radius 3 is 2.60 bits per heavy atom. The Morgan fingerprint density at radius 2 is 2.13 bits per heavy atom. The number of phosphoric acid groups is 1. The predicted molar refractivity (Wildman–Crippen MR) is 50.8 cm³/mol. The van der Waals surface area contributed by atoms with Gasteiger partial charge in [0.1, 0.15) is 0 Å². The molecule has 1 saturated heterocycles. The van der Waals surface area contributed by atoms with Crippen LogP contribution in [-0.4, -0.2) is 23.8 Å². The van der Waals surface area contributed by atoms with E-state index in [0.29, 0.717) is 0 Å². The molecule has 88 valence electrons. The van der Waals surface area contributed by atoms with Crippen LogP contribution in [0.4, 0.5) is 0 Å². The molecule has 1 aliphatic heterocycles. The summed E-state index contributed by atoms with van der Waals surface area (Å²) in [5.41, 5.74) is -0.666. The first kappa shape index (κ1) is 12.6. The fraction of sp³-hybridized carbons (Fsp3) is 0.875. The van der Waals surface area contributed by atoms with Gasteiger partial charge in [0, 0.05) is 6.42 Å². The van der Waals surface area contributed by atoms with Crippen LogP contribution in [0.25, 0.3) is 0 Å². The second kappa shape index (κ2) is 4.22. The molecule has 0 aromatic carbocycles. The van der Waals surface area contributed by atoms with Crippen molar-refractivity contribution in [2.24, 2.45) is 5.41 Å². The van der Waals surface area contributed by atoms with Crippen molar-refractivity contribution in [1.82, 2.24) is 0 Å². The molecule has 1 N–H and O–H groups in total. The zero-order valence-electron chi connectivity index (χ0n) is 8.93. The van der Waals surface area contributed by atoms with Crippen LogP contribution in [0, 0.1) is 5.41 Å². The third-order valence-electron chi connectivity index (χ3n) is 1.71. The summed E-state index contributed by atoms with van der Waals surface area (Å²) in [5, 5.41) is 0. The van der Waals surface area contributed by atoms with Crippen LogP contribution in [0.5, 0.6) is 0 Å². The van der Waals surface area contributed by atoms with Crippen LogP contribution in [-0.2, 0) is 23.1 Å². The van der Waals surface area contributed by atoms with Crippen LogP contribution in [0.3, 0.4) is 0 Å². The molecule has 1 heterocycles. The van der Waals surface area contributed by atoms with E-state index in [0.717, 1.165) is 0 Å². The van der Waals surface area contributed by atoms with Gasteiger partial charge in [0.05, 0.1) is 12.0 Å². The van der Waals surface area contributed by atoms with Crippen LogP contribution in [0.15, 0.2) is 0 Å². The lowest BCUT2D eigenvalue weighted by Gasteiger charge is -2.27. The summed E-state index contributed by atoms with van der Waals surface area (Å²) in [6.07, 6.45) is -0.742. The molecule has 0 amide bonds. The summed E-state index contributed by atoms with van der Waals surface area (Å²) < 4.78 is 25.0. The van der Waals surface area contributed by atoms with Gasteiger partial charge in [-0.1, -0.05) is 0 Å². The number of carbonyl (C=O) groups is 1. The maximum atomic E-state index is 11.4. The van der Waals surface area contributed by atoms with Crippen molar-refractivity contribution in [2.45, 2.75) is 33.5 Å². The molecule has 2 unspecified atom stereocenters. The van der Waals surface area contributed by atoms with Gasteiger partial charge < -0.3 is 9.63 Å². The molecule has 0 aromatic rings. The van der Waals surface area contributed by atoms with E-state index in [1.807, 2.05) is 0 Å². The molecule has 1 rings (SSSR count). The van der Waals surface area contributed by atoms with Crippen molar-refractivity contribution in [3.05, 3.63) is 0 Å². The average Bonchev–Trinajstić information content (AvgIpc) is 2.00. The van der Waals surface area contributed by atoms with Crippen LogP contribution in [0.2, 0.25) is 0 Å². The zero-order valence-corrected chi connectivity index (χ0v) is 9.82. The summed E-state index contributed by atoms with van der Waals surface area (Å²) in [5.74, 6) is -0.477. The molecule has 6 nitrogen and oxygen atoms in total. The highest BCUT2D eigenvalue weighted by Crippen LogP contribution is 2.48. The van der Waals surface area contributed by atoms with Gasteiger partial charge in [-0.25, -0.2) is 9.09 Å². The summed E-state index contributed by atoms with van der Waals surface area (Å²) in [4.78, 5) is 20.4. The third-order valence-corrected chi connectivity index (χ3v) is 2.72. The highest BCUT2D eigenvalue weighted by Gasteiger charge is 2.35. The molecule has 2 atom stereocenters. The quantitative estimate of drug-likeness (QED) is 0.549.